The molecule has 96 valence electrons. The minimum Gasteiger partial charge on any atom is -0.313 e. The fourth-order valence-electron chi connectivity index (χ4n) is 2.32. The van der Waals surface area contributed by atoms with Gasteiger partial charge in [-0.15, -0.1) is 0 Å². The highest BCUT2D eigenvalue weighted by molar-refractivity contribution is 7.99. The van der Waals surface area contributed by atoms with Gasteiger partial charge in [0.25, 0.3) is 0 Å². The molecule has 1 fully saturated rings. The molecule has 1 aliphatic heterocycles. The third-order valence-corrected chi connectivity index (χ3v) is 4.45. The summed E-state index contributed by atoms with van der Waals surface area (Å²) < 4.78 is 0. The zero-order valence-corrected chi connectivity index (χ0v) is 12.0. The summed E-state index contributed by atoms with van der Waals surface area (Å²) in [5.41, 5.74) is 0. The Kier molecular flexibility index (Phi) is 7.50. The fourth-order valence-corrected chi connectivity index (χ4v) is 3.10. The third-order valence-electron chi connectivity index (χ3n) is 3.32. The number of rotatable bonds is 7. The molecule has 3 heteroatoms. The van der Waals surface area contributed by atoms with Gasteiger partial charge in [0, 0.05) is 24.4 Å². The van der Waals surface area contributed by atoms with Crippen LogP contribution in [0.5, 0.6) is 0 Å². The standard InChI is InChI=1S/C13H28N2S/c1-4-8-14-13-7-6-9-15(10-13)12(3)11-16-5-2/h12-14H,4-11H2,1-3H3. The summed E-state index contributed by atoms with van der Waals surface area (Å²) in [6, 6.07) is 1.49. The normalized spacial score (nSPS) is 24.6. The van der Waals surface area contributed by atoms with Crippen molar-refractivity contribution in [1.29, 1.82) is 0 Å². The molecule has 0 saturated carbocycles. The van der Waals surface area contributed by atoms with Gasteiger partial charge in [-0.2, -0.15) is 11.8 Å². The molecule has 0 amide bonds. The predicted molar refractivity (Wildman–Crippen MR) is 75.3 cm³/mol. The van der Waals surface area contributed by atoms with Crippen LogP contribution >= 0.6 is 11.8 Å². The Balaban J connectivity index is 2.25. The summed E-state index contributed by atoms with van der Waals surface area (Å²) in [4.78, 5) is 2.67. The maximum atomic E-state index is 3.66. The molecule has 2 unspecified atom stereocenters. The molecule has 0 aromatic heterocycles. The van der Waals surface area contributed by atoms with Crippen LogP contribution in [-0.2, 0) is 0 Å². The number of nitrogens with one attached hydrogen (secondary N) is 1. The van der Waals surface area contributed by atoms with E-state index < -0.39 is 0 Å². The second-order valence-electron chi connectivity index (χ2n) is 4.80. The maximum Gasteiger partial charge on any atom is 0.0195 e. The maximum absolute atomic E-state index is 3.66. The molecule has 0 aliphatic carbocycles. The van der Waals surface area contributed by atoms with Crippen molar-refractivity contribution >= 4 is 11.8 Å². The van der Waals surface area contributed by atoms with Crippen molar-refractivity contribution < 1.29 is 0 Å². The van der Waals surface area contributed by atoms with E-state index in [-0.39, 0.29) is 0 Å². The summed E-state index contributed by atoms with van der Waals surface area (Å²) in [5.74, 6) is 2.53. The predicted octanol–water partition coefficient (Wildman–Crippen LogP) is 2.59. The lowest BCUT2D eigenvalue weighted by atomic mass is 10.0. The molecule has 2 nitrogen and oxygen atoms in total. The Bertz CT molecular complexity index is 169. The number of piperidine rings is 1. The molecule has 0 aromatic rings. The van der Waals surface area contributed by atoms with Crippen LogP contribution in [0.4, 0.5) is 0 Å². The van der Waals surface area contributed by atoms with Crippen LogP contribution in [0.1, 0.15) is 40.0 Å². The average Bonchev–Trinajstić information content (AvgIpc) is 2.33. The molecule has 1 saturated heterocycles. The first-order valence-electron chi connectivity index (χ1n) is 6.83. The lowest BCUT2D eigenvalue weighted by Crippen LogP contribution is -2.49. The highest BCUT2D eigenvalue weighted by atomic mass is 32.2. The highest BCUT2D eigenvalue weighted by Gasteiger charge is 2.22. The van der Waals surface area contributed by atoms with Crippen molar-refractivity contribution in [3.8, 4) is 0 Å². The van der Waals surface area contributed by atoms with Crippen molar-refractivity contribution in [2.45, 2.75) is 52.1 Å². The molecular weight excluding hydrogens is 216 g/mol. The molecular formula is C13H28N2S. The van der Waals surface area contributed by atoms with Crippen LogP contribution in [-0.4, -0.2) is 48.1 Å². The van der Waals surface area contributed by atoms with Crippen LogP contribution in [0.3, 0.4) is 0 Å². The van der Waals surface area contributed by atoms with Crippen LogP contribution in [0, 0.1) is 0 Å². The second-order valence-corrected chi connectivity index (χ2v) is 6.12. The summed E-state index contributed by atoms with van der Waals surface area (Å²) in [5, 5.41) is 3.66. The van der Waals surface area contributed by atoms with Crippen molar-refractivity contribution in [1.82, 2.24) is 10.2 Å². The van der Waals surface area contributed by atoms with Gasteiger partial charge in [0.15, 0.2) is 0 Å². The minimum absolute atomic E-state index is 0.739. The van der Waals surface area contributed by atoms with Gasteiger partial charge in [-0.25, -0.2) is 0 Å². The Morgan fingerprint density at radius 3 is 2.94 bits per heavy atom. The molecule has 0 aromatic carbocycles. The van der Waals surface area contributed by atoms with Crippen molar-refractivity contribution in [3.05, 3.63) is 0 Å². The lowest BCUT2D eigenvalue weighted by Gasteiger charge is -2.37. The summed E-state index contributed by atoms with van der Waals surface area (Å²) in [6.07, 6.45) is 3.98. The number of likely N-dealkylation sites (tertiary alicyclic amines) is 1. The quantitative estimate of drug-likeness (QED) is 0.741. The molecule has 1 N–H and O–H groups in total. The SMILES string of the molecule is CCCNC1CCCN(C(C)CSCC)C1. The van der Waals surface area contributed by atoms with E-state index in [0.717, 1.165) is 12.1 Å². The van der Waals surface area contributed by atoms with E-state index in [9.17, 15) is 0 Å². The van der Waals surface area contributed by atoms with E-state index in [2.05, 4.69) is 42.7 Å². The van der Waals surface area contributed by atoms with Gasteiger partial charge in [-0.3, -0.25) is 4.90 Å². The first-order chi connectivity index (χ1) is 7.77. The average molecular weight is 244 g/mol. The first-order valence-corrected chi connectivity index (χ1v) is 7.98. The van der Waals surface area contributed by atoms with Gasteiger partial charge in [0.05, 0.1) is 0 Å². The molecule has 0 spiro atoms. The molecule has 0 bridgehead atoms. The second kappa shape index (κ2) is 8.37. The van der Waals surface area contributed by atoms with Crippen LogP contribution < -0.4 is 5.32 Å². The zero-order valence-electron chi connectivity index (χ0n) is 11.2. The largest absolute Gasteiger partial charge is 0.313 e. The fraction of sp³-hybridized carbons (Fsp3) is 1.00. The van der Waals surface area contributed by atoms with Gasteiger partial charge < -0.3 is 5.32 Å². The summed E-state index contributed by atoms with van der Waals surface area (Å²) in [7, 11) is 0. The molecule has 1 aliphatic rings. The summed E-state index contributed by atoms with van der Waals surface area (Å²) in [6.45, 7) is 10.6. The highest BCUT2D eigenvalue weighted by Crippen LogP contribution is 2.15. The minimum atomic E-state index is 0.739. The Hall–Kier alpha value is 0.270. The Morgan fingerprint density at radius 2 is 2.25 bits per heavy atom. The Morgan fingerprint density at radius 1 is 1.44 bits per heavy atom. The third kappa shape index (κ3) is 5.07. The first kappa shape index (κ1) is 14.3. The van der Waals surface area contributed by atoms with Crippen LogP contribution in [0.15, 0.2) is 0 Å². The van der Waals surface area contributed by atoms with Crippen LogP contribution in [0.25, 0.3) is 0 Å². The van der Waals surface area contributed by atoms with Crippen molar-refractivity contribution in [2.24, 2.45) is 0 Å². The van der Waals surface area contributed by atoms with Gasteiger partial charge in [-0.05, 0) is 45.0 Å². The molecule has 1 heterocycles. The lowest BCUT2D eigenvalue weighted by molar-refractivity contribution is 0.157. The van der Waals surface area contributed by atoms with E-state index in [1.54, 1.807) is 0 Å². The van der Waals surface area contributed by atoms with E-state index in [1.807, 2.05) is 0 Å². The van der Waals surface area contributed by atoms with E-state index >= 15 is 0 Å². The number of hydrogen-bond donors (Lipinski definition) is 1. The number of thioether (sulfide) groups is 1. The number of hydrogen-bond acceptors (Lipinski definition) is 3. The van der Waals surface area contributed by atoms with Gasteiger partial charge >= 0.3 is 0 Å². The Labute approximate surface area is 106 Å². The van der Waals surface area contributed by atoms with Crippen molar-refractivity contribution in [3.63, 3.8) is 0 Å². The van der Waals surface area contributed by atoms with Crippen molar-refractivity contribution in [2.75, 3.05) is 31.1 Å². The van der Waals surface area contributed by atoms with E-state index in [1.165, 1.54) is 50.4 Å². The molecule has 2 atom stereocenters. The van der Waals surface area contributed by atoms with Crippen LogP contribution in [0.2, 0.25) is 0 Å². The number of nitrogens with zero attached hydrogens (tertiary/aromatic N) is 1. The monoisotopic (exact) mass is 244 g/mol. The smallest absolute Gasteiger partial charge is 0.0195 e. The van der Waals surface area contributed by atoms with Gasteiger partial charge in [0.2, 0.25) is 0 Å². The van der Waals surface area contributed by atoms with Gasteiger partial charge in [0.1, 0.15) is 0 Å². The molecule has 16 heavy (non-hydrogen) atoms. The van der Waals surface area contributed by atoms with E-state index in [0.29, 0.717) is 0 Å². The molecule has 0 radical (unpaired) electrons. The zero-order chi connectivity index (χ0) is 11.8. The molecule has 1 rings (SSSR count). The topological polar surface area (TPSA) is 15.3 Å². The summed E-state index contributed by atoms with van der Waals surface area (Å²) >= 11 is 2.07. The van der Waals surface area contributed by atoms with E-state index in [4.69, 9.17) is 0 Å². The van der Waals surface area contributed by atoms with Gasteiger partial charge in [-0.1, -0.05) is 13.8 Å².